The van der Waals surface area contributed by atoms with E-state index in [1.807, 2.05) is 0 Å². The summed E-state index contributed by atoms with van der Waals surface area (Å²) in [7, 11) is 1.41. The van der Waals surface area contributed by atoms with E-state index in [9.17, 15) is 9.50 Å². The number of ether oxygens (including phenoxy) is 1. The Morgan fingerprint density at radius 3 is 2.64 bits per heavy atom. The van der Waals surface area contributed by atoms with E-state index in [0.29, 0.717) is 11.1 Å². The fourth-order valence-electron chi connectivity index (χ4n) is 1.34. The normalized spacial score (nSPS) is 12.6. The van der Waals surface area contributed by atoms with E-state index in [1.54, 1.807) is 13.0 Å². The molecule has 0 saturated carbocycles. The van der Waals surface area contributed by atoms with Gasteiger partial charge in [-0.15, -0.1) is 0 Å². The third kappa shape index (κ3) is 2.02. The van der Waals surface area contributed by atoms with Crippen LogP contribution >= 0.6 is 0 Å². The molecule has 1 aromatic carbocycles. The van der Waals surface area contributed by atoms with Crippen molar-refractivity contribution >= 4 is 0 Å². The van der Waals surface area contributed by atoms with Crippen LogP contribution in [0.3, 0.4) is 0 Å². The third-order valence-electron chi connectivity index (χ3n) is 2.06. The summed E-state index contributed by atoms with van der Waals surface area (Å²) in [5.74, 6) is -0.270. The van der Waals surface area contributed by atoms with Gasteiger partial charge in [0.1, 0.15) is 0 Å². The van der Waals surface area contributed by atoms with Crippen molar-refractivity contribution in [2.75, 3.05) is 13.7 Å². The maximum Gasteiger partial charge on any atom is 0.165 e. The van der Waals surface area contributed by atoms with Crippen LogP contribution in [0.25, 0.3) is 0 Å². The van der Waals surface area contributed by atoms with E-state index in [4.69, 9.17) is 10.5 Å². The van der Waals surface area contributed by atoms with Crippen LogP contribution < -0.4 is 10.5 Å². The van der Waals surface area contributed by atoms with Gasteiger partial charge in [-0.25, -0.2) is 4.39 Å². The number of methoxy groups -OCH3 is 1. The Bertz CT molecular complexity index is 305. The van der Waals surface area contributed by atoms with E-state index in [1.165, 1.54) is 13.2 Å². The molecule has 3 nitrogen and oxygen atoms in total. The molecule has 1 atom stereocenters. The molecule has 0 radical (unpaired) electrons. The Balaban J connectivity index is 3.13. The molecule has 0 fully saturated rings. The summed E-state index contributed by atoms with van der Waals surface area (Å²) in [5, 5.41) is 9.41. The highest BCUT2D eigenvalue weighted by Crippen LogP contribution is 2.26. The third-order valence-corrected chi connectivity index (χ3v) is 2.06. The van der Waals surface area contributed by atoms with Crippen molar-refractivity contribution in [3.05, 3.63) is 29.1 Å². The van der Waals surface area contributed by atoms with Gasteiger partial charge in [-0.05, 0) is 30.2 Å². The highest BCUT2D eigenvalue weighted by atomic mass is 19.1. The summed E-state index contributed by atoms with van der Waals surface area (Å²) in [6.45, 7) is 1.79. The summed E-state index contributed by atoms with van der Waals surface area (Å²) in [6, 6.07) is 2.91. The molecule has 0 aliphatic rings. The summed E-state index contributed by atoms with van der Waals surface area (Å²) >= 11 is 0. The second kappa shape index (κ2) is 4.39. The first kappa shape index (κ1) is 10.9. The molecule has 0 bridgehead atoms. The second-order valence-electron chi connectivity index (χ2n) is 3.10. The van der Waals surface area contributed by atoms with E-state index >= 15 is 0 Å². The molecule has 0 amide bonds. The lowest BCUT2D eigenvalue weighted by molar-refractivity contribution is 0.186. The number of nitrogens with two attached hydrogens (primary N) is 1. The number of rotatable bonds is 3. The molecule has 1 unspecified atom stereocenters. The zero-order valence-corrected chi connectivity index (χ0v) is 8.25. The SMILES string of the molecule is COc1c(C)cc(C(O)CN)cc1F. The predicted octanol–water partition coefficient (Wildman–Crippen LogP) is 1.13. The zero-order chi connectivity index (χ0) is 10.7. The highest BCUT2D eigenvalue weighted by molar-refractivity contribution is 5.38. The Kier molecular flexibility index (Phi) is 3.43. The van der Waals surface area contributed by atoms with Crippen molar-refractivity contribution in [3.8, 4) is 5.75 Å². The fourth-order valence-corrected chi connectivity index (χ4v) is 1.34. The number of hydrogen-bond donors (Lipinski definition) is 2. The Morgan fingerprint density at radius 1 is 1.57 bits per heavy atom. The van der Waals surface area contributed by atoms with Crippen LogP contribution in [0, 0.1) is 12.7 Å². The molecule has 0 aromatic heterocycles. The van der Waals surface area contributed by atoms with Crippen LogP contribution in [0.5, 0.6) is 5.75 Å². The minimum atomic E-state index is -0.825. The predicted molar refractivity (Wildman–Crippen MR) is 51.7 cm³/mol. The van der Waals surface area contributed by atoms with Gasteiger partial charge in [0, 0.05) is 6.54 Å². The molecular weight excluding hydrogens is 185 g/mol. The first-order valence-electron chi connectivity index (χ1n) is 4.32. The first-order chi connectivity index (χ1) is 6.60. The molecule has 0 aliphatic carbocycles. The monoisotopic (exact) mass is 199 g/mol. The first-order valence-corrected chi connectivity index (χ1v) is 4.32. The van der Waals surface area contributed by atoms with E-state index < -0.39 is 11.9 Å². The molecule has 1 rings (SSSR count). The van der Waals surface area contributed by atoms with Gasteiger partial charge in [0.15, 0.2) is 11.6 Å². The van der Waals surface area contributed by atoms with Crippen LogP contribution in [0.15, 0.2) is 12.1 Å². The number of benzene rings is 1. The van der Waals surface area contributed by atoms with Gasteiger partial charge < -0.3 is 15.6 Å². The molecule has 1 aromatic rings. The summed E-state index contributed by atoms with van der Waals surface area (Å²) < 4.78 is 18.2. The van der Waals surface area contributed by atoms with Gasteiger partial charge in [-0.1, -0.05) is 0 Å². The molecule has 0 spiro atoms. The summed E-state index contributed by atoms with van der Waals surface area (Å²) in [4.78, 5) is 0. The molecule has 0 aliphatic heterocycles. The standard InChI is InChI=1S/C10H14FNO2/c1-6-3-7(9(13)5-12)4-8(11)10(6)14-2/h3-4,9,13H,5,12H2,1-2H3. The lowest BCUT2D eigenvalue weighted by Gasteiger charge is -2.12. The Morgan fingerprint density at radius 2 is 2.21 bits per heavy atom. The minimum absolute atomic E-state index is 0.0746. The van der Waals surface area contributed by atoms with Gasteiger partial charge in [0.25, 0.3) is 0 Å². The Hall–Kier alpha value is -1.13. The smallest absolute Gasteiger partial charge is 0.165 e. The van der Waals surface area contributed by atoms with Gasteiger partial charge in [0.2, 0.25) is 0 Å². The van der Waals surface area contributed by atoms with Crippen molar-refractivity contribution < 1.29 is 14.2 Å². The second-order valence-corrected chi connectivity index (χ2v) is 3.10. The maximum atomic E-state index is 13.3. The quantitative estimate of drug-likeness (QED) is 0.767. The average Bonchev–Trinajstić information content (AvgIpc) is 2.16. The van der Waals surface area contributed by atoms with Gasteiger partial charge in [-0.3, -0.25) is 0 Å². The molecule has 0 saturated heterocycles. The van der Waals surface area contributed by atoms with Crippen molar-refractivity contribution in [1.82, 2.24) is 0 Å². The number of aliphatic hydroxyl groups is 1. The molecule has 3 N–H and O–H groups in total. The average molecular weight is 199 g/mol. The largest absolute Gasteiger partial charge is 0.493 e. The molecular formula is C10H14FNO2. The molecule has 0 heterocycles. The topological polar surface area (TPSA) is 55.5 Å². The summed E-state index contributed by atoms with van der Waals surface area (Å²) in [6.07, 6.45) is -0.825. The number of aryl methyl sites for hydroxylation is 1. The Labute approximate surface area is 82.3 Å². The van der Waals surface area contributed by atoms with Crippen LogP contribution in [0.1, 0.15) is 17.2 Å². The van der Waals surface area contributed by atoms with Crippen LogP contribution in [-0.2, 0) is 0 Å². The van der Waals surface area contributed by atoms with Crippen molar-refractivity contribution in [3.63, 3.8) is 0 Å². The van der Waals surface area contributed by atoms with Crippen molar-refractivity contribution in [2.24, 2.45) is 5.73 Å². The van der Waals surface area contributed by atoms with Gasteiger partial charge >= 0.3 is 0 Å². The fraction of sp³-hybridized carbons (Fsp3) is 0.400. The zero-order valence-electron chi connectivity index (χ0n) is 8.25. The summed E-state index contributed by atoms with van der Waals surface area (Å²) in [5.41, 5.74) is 6.39. The van der Waals surface area contributed by atoms with E-state index in [2.05, 4.69) is 0 Å². The number of hydrogen-bond acceptors (Lipinski definition) is 3. The highest BCUT2D eigenvalue weighted by Gasteiger charge is 2.12. The van der Waals surface area contributed by atoms with Crippen LogP contribution in [-0.4, -0.2) is 18.8 Å². The molecule has 78 valence electrons. The van der Waals surface area contributed by atoms with Crippen LogP contribution in [0.2, 0.25) is 0 Å². The number of aliphatic hydroxyl groups excluding tert-OH is 1. The van der Waals surface area contributed by atoms with E-state index in [-0.39, 0.29) is 12.3 Å². The lowest BCUT2D eigenvalue weighted by Crippen LogP contribution is -2.12. The lowest BCUT2D eigenvalue weighted by atomic mass is 10.1. The maximum absolute atomic E-state index is 13.3. The van der Waals surface area contributed by atoms with E-state index in [0.717, 1.165) is 0 Å². The van der Waals surface area contributed by atoms with Gasteiger partial charge in [0.05, 0.1) is 13.2 Å². The van der Waals surface area contributed by atoms with Gasteiger partial charge in [-0.2, -0.15) is 0 Å². The molecule has 4 heteroatoms. The van der Waals surface area contributed by atoms with Crippen molar-refractivity contribution in [2.45, 2.75) is 13.0 Å². The molecule has 14 heavy (non-hydrogen) atoms. The minimum Gasteiger partial charge on any atom is -0.493 e. The van der Waals surface area contributed by atoms with Crippen molar-refractivity contribution in [1.29, 1.82) is 0 Å². The number of halogens is 1. The van der Waals surface area contributed by atoms with Crippen LogP contribution in [0.4, 0.5) is 4.39 Å².